The van der Waals surface area contributed by atoms with Crippen LogP contribution in [0.4, 0.5) is 5.82 Å². The van der Waals surface area contributed by atoms with Crippen LogP contribution in [0.25, 0.3) is 21.9 Å². The molecular formula is C18H19N7O. The lowest BCUT2D eigenvalue weighted by Crippen LogP contribution is -2.48. The molecule has 1 amide bonds. The van der Waals surface area contributed by atoms with E-state index in [1.807, 2.05) is 18.3 Å². The number of nitrogens with one attached hydrogen (secondary N) is 1. The number of pyridine rings is 1. The van der Waals surface area contributed by atoms with Crippen molar-refractivity contribution in [1.82, 2.24) is 24.8 Å². The number of amides is 1. The molecule has 1 saturated heterocycles. The molecule has 0 radical (unpaired) electrons. The van der Waals surface area contributed by atoms with Crippen LogP contribution in [0, 0.1) is 11.3 Å². The normalized spacial score (nSPS) is 17.4. The molecule has 3 aromatic heterocycles. The minimum absolute atomic E-state index is 0.0677. The van der Waals surface area contributed by atoms with Gasteiger partial charge in [-0.1, -0.05) is 0 Å². The molecule has 1 atom stereocenters. The van der Waals surface area contributed by atoms with Crippen LogP contribution in [0.5, 0.6) is 0 Å². The molecule has 0 spiro atoms. The number of aromatic nitrogens is 4. The highest BCUT2D eigenvalue weighted by atomic mass is 16.2. The number of fused-ring (bicyclic) bond motifs is 3. The second-order valence-corrected chi connectivity index (χ2v) is 6.54. The Morgan fingerprint density at radius 3 is 3.19 bits per heavy atom. The maximum absolute atomic E-state index is 12.1. The third-order valence-electron chi connectivity index (χ3n) is 5.03. The van der Waals surface area contributed by atoms with Crippen molar-refractivity contribution in [2.24, 2.45) is 0 Å². The number of carbonyl (C=O) groups is 1. The molecule has 1 fully saturated rings. The van der Waals surface area contributed by atoms with E-state index in [9.17, 15) is 4.79 Å². The number of hydrogen-bond donors (Lipinski definition) is 1. The van der Waals surface area contributed by atoms with Crippen LogP contribution >= 0.6 is 0 Å². The average molecular weight is 349 g/mol. The monoisotopic (exact) mass is 349 g/mol. The third kappa shape index (κ3) is 2.71. The second-order valence-electron chi connectivity index (χ2n) is 6.54. The predicted molar refractivity (Wildman–Crippen MR) is 97.4 cm³/mol. The summed E-state index contributed by atoms with van der Waals surface area (Å²) >= 11 is 0. The fourth-order valence-electron chi connectivity index (χ4n) is 3.64. The van der Waals surface area contributed by atoms with Gasteiger partial charge in [-0.15, -0.1) is 0 Å². The molecule has 4 heterocycles. The Bertz CT molecular complexity index is 1010. The quantitative estimate of drug-likeness (QED) is 0.774. The van der Waals surface area contributed by atoms with Gasteiger partial charge in [0.1, 0.15) is 24.2 Å². The van der Waals surface area contributed by atoms with Crippen molar-refractivity contribution < 1.29 is 4.79 Å². The van der Waals surface area contributed by atoms with Crippen LogP contribution in [-0.2, 0) is 4.79 Å². The molecule has 26 heavy (non-hydrogen) atoms. The SMILES string of the molecule is CN(C(=O)CC#N)C1CCCN(c2ncnc3cnc4[nH]ccc4c23)C1. The van der Waals surface area contributed by atoms with Crippen LogP contribution < -0.4 is 4.90 Å². The molecule has 0 bridgehead atoms. The van der Waals surface area contributed by atoms with E-state index < -0.39 is 0 Å². The Morgan fingerprint density at radius 2 is 2.35 bits per heavy atom. The molecule has 0 aromatic carbocycles. The topological polar surface area (TPSA) is 102 Å². The highest BCUT2D eigenvalue weighted by molar-refractivity contribution is 6.08. The van der Waals surface area contributed by atoms with E-state index in [1.54, 1.807) is 24.5 Å². The summed E-state index contributed by atoms with van der Waals surface area (Å²) < 4.78 is 0. The third-order valence-corrected chi connectivity index (χ3v) is 5.03. The van der Waals surface area contributed by atoms with Crippen molar-refractivity contribution >= 4 is 33.7 Å². The Morgan fingerprint density at radius 1 is 1.46 bits per heavy atom. The highest BCUT2D eigenvalue weighted by Gasteiger charge is 2.28. The first-order valence-corrected chi connectivity index (χ1v) is 8.63. The Kier molecular flexibility index (Phi) is 4.13. The number of piperidine rings is 1. The first-order chi connectivity index (χ1) is 12.7. The van der Waals surface area contributed by atoms with Gasteiger partial charge < -0.3 is 14.8 Å². The van der Waals surface area contributed by atoms with Crippen molar-refractivity contribution in [2.75, 3.05) is 25.0 Å². The fraction of sp³-hybridized carbons (Fsp3) is 0.389. The minimum Gasteiger partial charge on any atom is -0.354 e. The summed E-state index contributed by atoms with van der Waals surface area (Å²) in [6.45, 7) is 1.56. The van der Waals surface area contributed by atoms with E-state index in [0.717, 1.165) is 47.1 Å². The molecule has 0 saturated carbocycles. The number of carbonyl (C=O) groups excluding carboxylic acids is 1. The van der Waals surface area contributed by atoms with Gasteiger partial charge in [0.2, 0.25) is 5.91 Å². The van der Waals surface area contributed by atoms with E-state index in [1.165, 1.54) is 0 Å². The zero-order chi connectivity index (χ0) is 18.1. The second kappa shape index (κ2) is 6.59. The molecule has 0 aliphatic carbocycles. The van der Waals surface area contributed by atoms with Gasteiger partial charge in [-0.25, -0.2) is 15.0 Å². The first kappa shape index (κ1) is 16.3. The standard InChI is InChI=1S/C18H19N7O/c1-24(15(26)4-6-19)12-3-2-8-25(10-12)18-16-13-5-7-20-17(13)21-9-14(16)22-11-23-18/h5,7,9,11-12H,2-4,8,10H2,1H3,(H,20,21). The van der Waals surface area contributed by atoms with E-state index >= 15 is 0 Å². The lowest BCUT2D eigenvalue weighted by atomic mass is 10.0. The number of H-pyrrole nitrogens is 1. The Hall–Kier alpha value is -3.21. The summed E-state index contributed by atoms with van der Waals surface area (Å²) in [5, 5.41) is 10.8. The number of rotatable bonds is 3. The number of hydrogen-bond acceptors (Lipinski definition) is 6. The van der Waals surface area contributed by atoms with Crippen LogP contribution in [0.1, 0.15) is 19.3 Å². The van der Waals surface area contributed by atoms with Gasteiger partial charge in [0.05, 0.1) is 23.2 Å². The Balaban J connectivity index is 1.70. The number of aromatic amines is 1. The molecule has 8 nitrogen and oxygen atoms in total. The summed E-state index contributed by atoms with van der Waals surface area (Å²) in [6.07, 6.45) is 6.98. The molecule has 4 rings (SSSR count). The molecule has 1 unspecified atom stereocenters. The smallest absolute Gasteiger partial charge is 0.236 e. The summed E-state index contributed by atoms with van der Waals surface area (Å²) in [6, 6.07) is 3.99. The number of nitriles is 1. The van der Waals surface area contributed by atoms with Gasteiger partial charge in [0, 0.05) is 37.8 Å². The van der Waals surface area contributed by atoms with Gasteiger partial charge >= 0.3 is 0 Å². The van der Waals surface area contributed by atoms with E-state index in [4.69, 9.17) is 5.26 Å². The van der Waals surface area contributed by atoms with Crippen molar-refractivity contribution in [3.05, 3.63) is 24.8 Å². The molecule has 3 aromatic rings. The summed E-state index contributed by atoms with van der Waals surface area (Å²) in [5.41, 5.74) is 1.61. The lowest BCUT2D eigenvalue weighted by Gasteiger charge is -2.38. The molecule has 1 N–H and O–H groups in total. The molecule has 1 aliphatic heterocycles. The van der Waals surface area contributed by atoms with E-state index in [-0.39, 0.29) is 18.4 Å². The van der Waals surface area contributed by atoms with E-state index in [2.05, 4.69) is 24.8 Å². The predicted octanol–water partition coefficient (Wildman–Crippen LogP) is 1.85. The fourth-order valence-corrected chi connectivity index (χ4v) is 3.64. The van der Waals surface area contributed by atoms with Crippen LogP contribution in [0.3, 0.4) is 0 Å². The zero-order valence-corrected chi connectivity index (χ0v) is 14.5. The summed E-state index contributed by atoms with van der Waals surface area (Å²) in [4.78, 5) is 32.4. The van der Waals surface area contributed by atoms with Gasteiger partial charge in [-0.3, -0.25) is 4.79 Å². The summed E-state index contributed by atoms with van der Waals surface area (Å²) in [5.74, 6) is 0.733. The zero-order valence-electron chi connectivity index (χ0n) is 14.5. The lowest BCUT2D eigenvalue weighted by molar-refractivity contribution is -0.131. The van der Waals surface area contributed by atoms with Crippen molar-refractivity contribution in [2.45, 2.75) is 25.3 Å². The maximum atomic E-state index is 12.1. The minimum atomic E-state index is -0.135. The molecule has 8 heteroatoms. The number of nitrogens with zero attached hydrogens (tertiary/aromatic N) is 6. The first-order valence-electron chi connectivity index (χ1n) is 8.63. The van der Waals surface area contributed by atoms with E-state index in [0.29, 0.717) is 6.54 Å². The molecular weight excluding hydrogens is 330 g/mol. The Labute approximate surface area is 150 Å². The summed E-state index contributed by atoms with van der Waals surface area (Å²) in [7, 11) is 1.78. The van der Waals surface area contributed by atoms with Crippen LogP contribution in [0.2, 0.25) is 0 Å². The van der Waals surface area contributed by atoms with Gasteiger partial charge in [0.25, 0.3) is 0 Å². The molecule has 132 valence electrons. The van der Waals surface area contributed by atoms with Crippen LogP contribution in [-0.4, -0.2) is 56.9 Å². The van der Waals surface area contributed by atoms with Crippen LogP contribution in [0.15, 0.2) is 24.8 Å². The van der Waals surface area contributed by atoms with Crippen molar-refractivity contribution in [1.29, 1.82) is 5.26 Å². The van der Waals surface area contributed by atoms with Gasteiger partial charge in [0.15, 0.2) is 0 Å². The number of likely N-dealkylation sites (N-methyl/N-ethyl adjacent to an activating group) is 1. The number of anilines is 1. The highest BCUT2D eigenvalue weighted by Crippen LogP contribution is 2.31. The van der Waals surface area contributed by atoms with Gasteiger partial charge in [-0.2, -0.15) is 5.26 Å². The van der Waals surface area contributed by atoms with Crippen molar-refractivity contribution in [3.8, 4) is 6.07 Å². The maximum Gasteiger partial charge on any atom is 0.236 e. The van der Waals surface area contributed by atoms with Crippen molar-refractivity contribution in [3.63, 3.8) is 0 Å². The molecule has 1 aliphatic rings. The average Bonchev–Trinajstić information content (AvgIpc) is 3.16. The largest absolute Gasteiger partial charge is 0.354 e. The van der Waals surface area contributed by atoms with Gasteiger partial charge in [-0.05, 0) is 18.9 Å².